The molecule has 2 aliphatic heterocycles. The van der Waals surface area contributed by atoms with Crippen molar-refractivity contribution in [1.82, 2.24) is 14.5 Å². The molecule has 0 bridgehead atoms. The molecule has 1 saturated carbocycles. The number of esters is 1. The number of aromatic nitrogens is 2. The van der Waals surface area contributed by atoms with E-state index in [0.717, 1.165) is 37.0 Å². The average Bonchev–Trinajstić information content (AvgIpc) is 3.24. The maximum absolute atomic E-state index is 13.9. The van der Waals surface area contributed by atoms with E-state index in [1.807, 2.05) is 28.8 Å². The number of methoxy groups -OCH3 is 1. The quantitative estimate of drug-likeness (QED) is 0.669. The van der Waals surface area contributed by atoms with Gasteiger partial charge in [0.2, 0.25) is 0 Å². The fourth-order valence-electron chi connectivity index (χ4n) is 6.41. The van der Waals surface area contributed by atoms with Gasteiger partial charge in [-0.05, 0) is 37.8 Å². The second-order valence-electron chi connectivity index (χ2n) is 10.4. The summed E-state index contributed by atoms with van der Waals surface area (Å²) < 4.78 is 6.87. The van der Waals surface area contributed by atoms with E-state index in [4.69, 9.17) is 4.74 Å². The lowest BCUT2D eigenvalue weighted by molar-refractivity contribution is -0.142. The maximum Gasteiger partial charge on any atom is 0.328 e. The molecule has 3 heterocycles. The van der Waals surface area contributed by atoms with Crippen molar-refractivity contribution in [1.29, 1.82) is 0 Å². The molecule has 5 rings (SSSR count). The van der Waals surface area contributed by atoms with Crippen LogP contribution in [0.5, 0.6) is 0 Å². The van der Waals surface area contributed by atoms with E-state index in [2.05, 4.69) is 9.88 Å². The number of carbonyl (C=O) groups excluding carboxylic acids is 1. The number of nitrogens with zero attached hydrogens (tertiary/aromatic N) is 4. The number of para-hydroxylation sites is 2. The van der Waals surface area contributed by atoms with Crippen LogP contribution in [-0.4, -0.2) is 70.5 Å². The number of aliphatic hydroxyl groups is 1. The van der Waals surface area contributed by atoms with Crippen LogP contribution in [0.15, 0.2) is 29.1 Å². The van der Waals surface area contributed by atoms with Gasteiger partial charge in [0.25, 0.3) is 5.56 Å². The summed E-state index contributed by atoms with van der Waals surface area (Å²) in [7, 11) is 1.33. The first-order chi connectivity index (χ1) is 17.1. The smallest absolute Gasteiger partial charge is 0.328 e. The number of rotatable bonds is 4. The van der Waals surface area contributed by atoms with Crippen LogP contribution in [0.1, 0.15) is 70.3 Å². The predicted molar refractivity (Wildman–Crippen MR) is 136 cm³/mol. The molecule has 2 atom stereocenters. The molecule has 8 nitrogen and oxygen atoms in total. The molecule has 0 radical (unpaired) electrons. The van der Waals surface area contributed by atoms with Crippen LogP contribution >= 0.6 is 0 Å². The standard InChI is InChI=1S/C27H38N4O4/c1-35-27(34)24-17-21(32)18-30(24)25-26(33)31(23-12-8-7-11-22(23)28-25)20-13-15-29(16-14-20)19-9-5-3-2-4-6-10-19/h7-8,11-12,19-21,24,32H,2-6,9-10,13-18H2,1H3/t21-,24?/m1/s1. The molecular formula is C27H38N4O4. The number of carbonyl (C=O) groups is 1. The normalized spacial score (nSPS) is 25.5. The van der Waals surface area contributed by atoms with Gasteiger partial charge >= 0.3 is 5.97 Å². The number of likely N-dealkylation sites (tertiary alicyclic amines) is 1. The van der Waals surface area contributed by atoms with Crippen LogP contribution in [0.2, 0.25) is 0 Å². The average molecular weight is 483 g/mol. The molecule has 35 heavy (non-hydrogen) atoms. The van der Waals surface area contributed by atoms with E-state index in [1.54, 1.807) is 4.90 Å². The fraction of sp³-hybridized carbons (Fsp3) is 0.667. The van der Waals surface area contributed by atoms with Gasteiger partial charge in [-0.3, -0.25) is 4.79 Å². The Balaban J connectivity index is 1.44. The molecular weight excluding hydrogens is 444 g/mol. The summed E-state index contributed by atoms with van der Waals surface area (Å²) in [6, 6.07) is 7.80. The molecule has 3 aliphatic rings. The van der Waals surface area contributed by atoms with Crippen molar-refractivity contribution in [3.05, 3.63) is 34.6 Å². The van der Waals surface area contributed by atoms with Crippen molar-refractivity contribution in [2.75, 3.05) is 31.6 Å². The van der Waals surface area contributed by atoms with Crippen LogP contribution in [0.4, 0.5) is 5.82 Å². The third kappa shape index (κ3) is 4.96. The molecule has 1 aromatic heterocycles. The van der Waals surface area contributed by atoms with Gasteiger partial charge in [0.15, 0.2) is 5.82 Å². The van der Waals surface area contributed by atoms with Crippen molar-refractivity contribution >= 4 is 22.8 Å². The number of hydrogen-bond acceptors (Lipinski definition) is 7. The van der Waals surface area contributed by atoms with Crippen LogP contribution in [0.3, 0.4) is 0 Å². The number of hydrogen-bond donors (Lipinski definition) is 1. The van der Waals surface area contributed by atoms with E-state index in [0.29, 0.717) is 6.04 Å². The molecule has 1 N–H and O–H groups in total. The van der Waals surface area contributed by atoms with E-state index >= 15 is 0 Å². The molecule has 0 spiro atoms. The minimum atomic E-state index is -0.703. The zero-order valence-corrected chi connectivity index (χ0v) is 20.8. The van der Waals surface area contributed by atoms with Crippen LogP contribution in [-0.2, 0) is 9.53 Å². The summed E-state index contributed by atoms with van der Waals surface area (Å²) in [4.78, 5) is 35.3. The van der Waals surface area contributed by atoms with E-state index in [-0.39, 0.29) is 30.4 Å². The lowest BCUT2D eigenvalue weighted by Gasteiger charge is -2.39. The predicted octanol–water partition coefficient (Wildman–Crippen LogP) is 3.26. The van der Waals surface area contributed by atoms with Crippen LogP contribution in [0.25, 0.3) is 11.0 Å². The number of benzene rings is 1. The highest BCUT2D eigenvalue weighted by atomic mass is 16.5. The largest absolute Gasteiger partial charge is 0.467 e. The van der Waals surface area contributed by atoms with Crippen molar-refractivity contribution in [3.63, 3.8) is 0 Å². The minimum Gasteiger partial charge on any atom is -0.467 e. The summed E-state index contributed by atoms with van der Waals surface area (Å²) >= 11 is 0. The lowest BCUT2D eigenvalue weighted by Crippen LogP contribution is -2.45. The highest BCUT2D eigenvalue weighted by Crippen LogP contribution is 2.31. The lowest BCUT2D eigenvalue weighted by atomic mass is 9.93. The maximum atomic E-state index is 13.9. The summed E-state index contributed by atoms with van der Waals surface area (Å²) in [6.07, 6.45) is 10.7. The molecule has 0 amide bonds. The zero-order chi connectivity index (χ0) is 24.4. The SMILES string of the molecule is COC(=O)C1C[C@@H](O)CN1c1nc2ccccc2n(C2CCN(C3CCCCCCC3)CC2)c1=O. The van der Waals surface area contributed by atoms with Gasteiger partial charge in [-0.15, -0.1) is 0 Å². The highest BCUT2D eigenvalue weighted by Gasteiger charge is 2.40. The van der Waals surface area contributed by atoms with E-state index < -0.39 is 18.1 Å². The Hall–Kier alpha value is -2.45. The van der Waals surface area contributed by atoms with E-state index in [9.17, 15) is 14.7 Å². The van der Waals surface area contributed by atoms with Crippen LogP contribution in [0, 0.1) is 0 Å². The van der Waals surface area contributed by atoms with Crippen molar-refractivity contribution < 1.29 is 14.6 Å². The topological polar surface area (TPSA) is 87.9 Å². The monoisotopic (exact) mass is 482 g/mol. The van der Waals surface area contributed by atoms with Gasteiger partial charge in [0.1, 0.15) is 6.04 Å². The minimum absolute atomic E-state index is 0.0862. The number of β-amino-alcohol motifs (C(OH)–C–C–N with tert-alkyl or cyclic N) is 1. The van der Waals surface area contributed by atoms with Crippen molar-refractivity contribution in [2.24, 2.45) is 0 Å². The second kappa shape index (κ2) is 10.7. The Morgan fingerprint density at radius 2 is 1.69 bits per heavy atom. The summed E-state index contributed by atoms with van der Waals surface area (Å²) in [5.74, 6) is -0.215. The number of fused-ring (bicyclic) bond motifs is 1. The third-order valence-electron chi connectivity index (χ3n) is 8.26. The zero-order valence-electron chi connectivity index (χ0n) is 20.8. The van der Waals surface area contributed by atoms with Gasteiger partial charge in [0.05, 0.1) is 24.2 Å². The molecule has 3 fully saturated rings. The number of piperidine rings is 1. The third-order valence-corrected chi connectivity index (χ3v) is 8.26. The highest BCUT2D eigenvalue weighted by molar-refractivity contribution is 5.82. The van der Waals surface area contributed by atoms with Gasteiger partial charge in [-0.1, -0.05) is 44.2 Å². The van der Waals surface area contributed by atoms with Crippen LogP contribution < -0.4 is 10.5 Å². The van der Waals surface area contributed by atoms with Gasteiger partial charge in [-0.25, -0.2) is 9.78 Å². The Morgan fingerprint density at radius 1 is 1.00 bits per heavy atom. The Bertz CT molecular complexity index is 1090. The Morgan fingerprint density at radius 3 is 2.40 bits per heavy atom. The summed E-state index contributed by atoms with van der Waals surface area (Å²) in [5, 5.41) is 10.3. The number of ether oxygens (including phenoxy) is 1. The molecule has 190 valence electrons. The molecule has 1 aromatic carbocycles. The first kappa shape index (κ1) is 24.3. The first-order valence-corrected chi connectivity index (χ1v) is 13.3. The number of aliphatic hydroxyl groups excluding tert-OH is 1. The molecule has 1 unspecified atom stereocenters. The fourth-order valence-corrected chi connectivity index (χ4v) is 6.41. The van der Waals surface area contributed by atoms with Gasteiger partial charge in [-0.2, -0.15) is 0 Å². The van der Waals surface area contributed by atoms with Gasteiger partial charge < -0.3 is 24.2 Å². The Kier molecular flexibility index (Phi) is 7.39. The Labute approximate surface area is 206 Å². The molecule has 8 heteroatoms. The van der Waals surface area contributed by atoms with Crippen molar-refractivity contribution in [2.45, 2.75) is 88.4 Å². The molecule has 2 aromatic rings. The summed E-state index contributed by atoms with van der Waals surface area (Å²) in [6.45, 7) is 2.20. The second-order valence-corrected chi connectivity index (χ2v) is 10.4. The van der Waals surface area contributed by atoms with Crippen molar-refractivity contribution in [3.8, 4) is 0 Å². The first-order valence-electron chi connectivity index (χ1n) is 13.3. The van der Waals surface area contributed by atoms with Gasteiger partial charge in [0, 0.05) is 38.1 Å². The number of anilines is 1. The molecule has 1 aliphatic carbocycles. The van der Waals surface area contributed by atoms with E-state index in [1.165, 1.54) is 52.1 Å². The summed E-state index contributed by atoms with van der Waals surface area (Å²) in [5.41, 5.74) is 1.38. The molecule has 2 saturated heterocycles.